The molecule has 0 saturated carbocycles. The summed E-state index contributed by atoms with van der Waals surface area (Å²) in [5, 5.41) is 4.73. The molecule has 0 unspecified atom stereocenters. The van der Waals surface area contributed by atoms with E-state index in [-0.39, 0.29) is 0 Å². The Kier molecular flexibility index (Phi) is 2.68. The average Bonchev–Trinajstić information content (AvgIpc) is 2.66. The monoisotopic (exact) mass is 306 g/mol. The maximum atomic E-state index is 4.95. The van der Waals surface area contributed by atoms with E-state index in [1.165, 1.54) is 10.8 Å². The quantitative estimate of drug-likeness (QED) is 0.292. The molecule has 112 valence electrons. The van der Waals surface area contributed by atoms with Crippen LogP contribution in [0.3, 0.4) is 0 Å². The highest BCUT2D eigenvalue weighted by molar-refractivity contribution is 6.23. The fourth-order valence-corrected chi connectivity index (χ4v) is 3.42. The van der Waals surface area contributed by atoms with Crippen molar-refractivity contribution in [1.29, 1.82) is 0 Å². The van der Waals surface area contributed by atoms with Crippen LogP contribution in [0.15, 0.2) is 73.3 Å². The van der Waals surface area contributed by atoms with Crippen molar-refractivity contribution in [1.82, 2.24) is 9.97 Å². The molecule has 0 aliphatic carbocycles. The fraction of sp³-hybridized carbons (Fsp3) is 0. The number of rotatable bonds is 1. The van der Waals surface area contributed by atoms with Gasteiger partial charge in [-0.15, -0.1) is 0 Å². The summed E-state index contributed by atoms with van der Waals surface area (Å²) in [6, 6.07) is 22.9. The van der Waals surface area contributed by atoms with Gasteiger partial charge in [-0.25, -0.2) is 9.97 Å². The van der Waals surface area contributed by atoms with Crippen molar-refractivity contribution in [3.05, 3.63) is 78.9 Å². The highest BCUT2D eigenvalue weighted by atomic mass is 14.8. The molecule has 0 aliphatic heterocycles. The lowest BCUT2D eigenvalue weighted by Gasteiger charge is -2.10. The molecule has 4 aromatic carbocycles. The van der Waals surface area contributed by atoms with Gasteiger partial charge in [0.2, 0.25) is 0 Å². The Balaban J connectivity index is 2.09. The largest absolute Gasteiger partial charge is 0.244 e. The van der Waals surface area contributed by atoms with E-state index in [9.17, 15) is 0 Å². The molecule has 1 aromatic heterocycles. The molecule has 5 rings (SSSR count). The minimum Gasteiger partial charge on any atom is -0.244 e. The molecule has 0 atom stereocenters. The van der Waals surface area contributed by atoms with E-state index in [2.05, 4.69) is 55.1 Å². The molecule has 24 heavy (non-hydrogen) atoms. The van der Waals surface area contributed by atoms with Gasteiger partial charge in [0.1, 0.15) is 0 Å². The Hall–Kier alpha value is -3.26. The van der Waals surface area contributed by atoms with Gasteiger partial charge in [0.05, 0.1) is 22.1 Å². The zero-order valence-electron chi connectivity index (χ0n) is 13.0. The zero-order valence-corrected chi connectivity index (χ0v) is 13.0. The molecule has 0 aliphatic rings. The van der Waals surface area contributed by atoms with Crippen LogP contribution in [-0.2, 0) is 0 Å². The van der Waals surface area contributed by atoms with Crippen LogP contribution in [0.2, 0.25) is 0 Å². The summed E-state index contributed by atoms with van der Waals surface area (Å²) in [4.78, 5) is 9.89. The fourth-order valence-electron chi connectivity index (χ4n) is 3.42. The van der Waals surface area contributed by atoms with Crippen molar-refractivity contribution in [3.63, 3.8) is 0 Å². The standard InChI is InChI=1S/C22H14N2/c1-2-14-11-12-19-20(13-14)24-22-18-10-6-4-8-16(18)15-7-3-5-9-17(15)21(22)23-19/h2-13H,1H2. The summed E-state index contributed by atoms with van der Waals surface area (Å²) in [5.41, 5.74) is 4.79. The van der Waals surface area contributed by atoms with E-state index in [4.69, 9.17) is 9.97 Å². The first kappa shape index (κ1) is 13.2. The van der Waals surface area contributed by atoms with Crippen LogP contribution in [0, 0.1) is 0 Å². The van der Waals surface area contributed by atoms with Gasteiger partial charge in [-0.1, -0.05) is 67.3 Å². The van der Waals surface area contributed by atoms with Crippen molar-refractivity contribution in [2.24, 2.45) is 0 Å². The Bertz CT molecular complexity index is 1270. The van der Waals surface area contributed by atoms with E-state index < -0.39 is 0 Å². The van der Waals surface area contributed by atoms with Gasteiger partial charge in [-0.2, -0.15) is 0 Å². The van der Waals surface area contributed by atoms with Crippen LogP contribution in [-0.4, -0.2) is 9.97 Å². The van der Waals surface area contributed by atoms with Crippen molar-refractivity contribution in [3.8, 4) is 0 Å². The van der Waals surface area contributed by atoms with Gasteiger partial charge >= 0.3 is 0 Å². The molecular weight excluding hydrogens is 292 g/mol. The predicted molar refractivity (Wildman–Crippen MR) is 102 cm³/mol. The normalized spacial score (nSPS) is 11.5. The zero-order chi connectivity index (χ0) is 16.1. The summed E-state index contributed by atoms with van der Waals surface area (Å²) in [6.45, 7) is 3.84. The van der Waals surface area contributed by atoms with E-state index in [0.29, 0.717) is 0 Å². The number of aromatic nitrogens is 2. The van der Waals surface area contributed by atoms with Gasteiger partial charge in [-0.3, -0.25) is 0 Å². The van der Waals surface area contributed by atoms with Gasteiger partial charge < -0.3 is 0 Å². The number of nitrogens with zero attached hydrogens (tertiary/aromatic N) is 2. The lowest BCUT2D eigenvalue weighted by Crippen LogP contribution is -1.91. The van der Waals surface area contributed by atoms with Gasteiger partial charge in [-0.05, 0) is 28.5 Å². The summed E-state index contributed by atoms with van der Waals surface area (Å²) in [6.07, 6.45) is 1.84. The van der Waals surface area contributed by atoms with Gasteiger partial charge in [0.15, 0.2) is 0 Å². The summed E-state index contributed by atoms with van der Waals surface area (Å²) in [7, 11) is 0. The second-order valence-electron chi connectivity index (χ2n) is 5.96. The highest BCUT2D eigenvalue weighted by Gasteiger charge is 2.11. The number of hydrogen-bond donors (Lipinski definition) is 0. The Morgan fingerprint density at radius 2 is 1.17 bits per heavy atom. The average molecular weight is 306 g/mol. The minimum atomic E-state index is 0.903. The molecule has 5 aromatic rings. The molecule has 0 amide bonds. The van der Waals surface area contributed by atoms with Crippen molar-refractivity contribution in [2.45, 2.75) is 0 Å². The third kappa shape index (κ3) is 1.77. The summed E-state index contributed by atoms with van der Waals surface area (Å²) >= 11 is 0. The summed E-state index contributed by atoms with van der Waals surface area (Å²) in [5.74, 6) is 0. The molecule has 0 saturated heterocycles. The molecule has 0 spiro atoms. The topological polar surface area (TPSA) is 25.8 Å². The third-order valence-electron chi connectivity index (χ3n) is 4.58. The molecule has 0 fully saturated rings. The van der Waals surface area contributed by atoms with E-state index >= 15 is 0 Å². The third-order valence-corrected chi connectivity index (χ3v) is 4.58. The lowest BCUT2D eigenvalue weighted by atomic mass is 9.99. The first-order chi connectivity index (χ1) is 11.8. The number of benzene rings is 4. The van der Waals surface area contributed by atoms with Crippen LogP contribution in [0.4, 0.5) is 0 Å². The van der Waals surface area contributed by atoms with E-state index in [1.807, 2.05) is 24.3 Å². The van der Waals surface area contributed by atoms with Crippen molar-refractivity contribution >= 4 is 49.7 Å². The Morgan fingerprint density at radius 1 is 0.625 bits per heavy atom. The first-order valence-electron chi connectivity index (χ1n) is 7.98. The number of fused-ring (bicyclic) bond motifs is 7. The second kappa shape index (κ2) is 4.87. The van der Waals surface area contributed by atoms with E-state index in [1.54, 1.807) is 0 Å². The molecule has 1 heterocycles. The molecule has 2 heteroatoms. The molecule has 0 N–H and O–H groups in total. The molecular formula is C22H14N2. The van der Waals surface area contributed by atoms with Gasteiger partial charge in [0, 0.05) is 10.8 Å². The van der Waals surface area contributed by atoms with Crippen LogP contribution < -0.4 is 0 Å². The van der Waals surface area contributed by atoms with Crippen molar-refractivity contribution in [2.75, 3.05) is 0 Å². The van der Waals surface area contributed by atoms with Crippen LogP contribution >= 0.6 is 0 Å². The minimum absolute atomic E-state index is 0.903. The molecule has 2 nitrogen and oxygen atoms in total. The molecule has 0 radical (unpaired) electrons. The van der Waals surface area contributed by atoms with Crippen molar-refractivity contribution < 1.29 is 0 Å². The predicted octanol–water partition coefficient (Wildman–Crippen LogP) is 5.73. The van der Waals surface area contributed by atoms with E-state index in [0.717, 1.165) is 38.4 Å². The number of hydrogen-bond acceptors (Lipinski definition) is 2. The molecule has 0 bridgehead atoms. The smallest absolute Gasteiger partial charge is 0.0979 e. The second-order valence-corrected chi connectivity index (χ2v) is 5.96. The maximum absolute atomic E-state index is 4.95. The Labute approximate surface area is 139 Å². The maximum Gasteiger partial charge on any atom is 0.0979 e. The Morgan fingerprint density at radius 3 is 1.75 bits per heavy atom. The summed E-state index contributed by atoms with van der Waals surface area (Å²) < 4.78 is 0. The van der Waals surface area contributed by atoms with Crippen LogP contribution in [0.5, 0.6) is 0 Å². The van der Waals surface area contributed by atoms with Gasteiger partial charge in [0.25, 0.3) is 0 Å². The van der Waals surface area contributed by atoms with Crippen LogP contribution in [0.25, 0.3) is 49.7 Å². The first-order valence-corrected chi connectivity index (χ1v) is 7.98. The van der Waals surface area contributed by atoms with Crippen LogP contribution in [0.1, 0.15) is 5.56 Å². The highest BCUT2D eigenvalue weighted by Crippen LogP contribution is 2.33. The SMILES string of the molecule is C=Cc1ccc2nc3c4ccccc4c4ccccc4c3nc2c1. The lowest BCUT2D eigenvalue weighted by molar-refractivity contribution is 1.41.